The number of carbonyl (C=O) groups is 1. The van der Waals surface area contributed by atoms with Gasteiger partial charge in [-0.15, -0.1) is 0 Å². The Hall–Kier alpha value is -3.52. The Kier molecular flexibility index (Phi) is 7.31. The average Bonchev–Trinajstić information content (AvgIpc) is 2.88. The maximum Gasteiger partial charge on any atom is 0.264 e. The number of para-hydroxylation sites is 3. The van der Waals surface area contributed by atoms with Crippen LogP contribution in [0.25, 0.3) is 0 Å². The van der Waals surface area contributed by atoms with Crippen molar-refractivity contribution in [3.05, 3.63) is 83.9 Å². The minimum absolute atomic E-state index is 0.167. The Morgan fingerprint density at radius 1 is 0.886 bits per heavy atom. The molecule has 0 bridgehead atoms. The van der Waals surface area contributed by atoms with Gasteiger partial charge in [0.2, 0.25) is 5.91 Å². The summed E-state index contributed by atoms with van der Waals surface area (Å²) in [4.78, 5) is 17.5. The third-order valence-electron chi connectivity index (χ3n) is 6.33. The molecule has 1 saturated heterocycles. The second-order valence-corrected chi connectivity index (χ2v) is 10.5. The van der Waals surface area contributed by atoms with Crippen LogP contribution in [0, 0.1) is 13.8 Å². The first-order valence-corrected chi connectivity index (χ1v) is 13.1. The summed E-state index contributed by atoms with van der Waals surface area (Å²) in [6, 6.07) is 21.8. The second kappa shape index (κ2) is 10.4. The first kappa shape index (κ1) is 24.6. The van der Waals surface area contributed by atoms with Gasteiger partial charge in [0.1, 0.15) is 12.3 Å². The first-order valence-electron chi connectivity index (χ1n) is 11.6. The quantitative estimate of drug-likeness (QED) is 0.500. The number of benzene rings is 3. The molecular formula is C27H31N3O4S. The number of amides is 1. The highest BCUT2D eigenvalue weighted by atomic mass is 32.2. The van der Waals surface area contributed by atoms with Gasteiger partial charge in [0, 0.05) is 26.2 Å². The molecule has 35 heavy (non-hydrogen) atoms. The Balaban J connectivity index is 1.54. The SMILES string of the molecule is COc1ccccc1N1CCN(C(=O)CN(c2ccccc2C)S(=O)(=O)c2ccc(C)cc2)CC1. The predicted molar refractivity (Wildman–Crippen MR) is 139 cm³/mol. The minimum atomic E-state index is -3.93. The number of anilines is 2. The normalized spacial score (nSPS) is 14.0. The monoisotopic (exact) mass is 493 g/mol. The number of piperazine rings is 1. The first-order chi connectivity index (χ1) is 16.8. The number of ether oxygens (including phenoxy) is 1. The number of aryl methyl sites for hydroxylation is 2. The van der Waals surface area contributed by atoms with E-state index in [9.17, 15) is 13.2 Å². The standard InChI is InChI=1S/C27H31N3O4S/c1-21-12-14-23(15-13-21)35(32,33)30(24-9-5-4-8-22(24)2)20-27(31)29-18-16-28(17-19-29)25-10-6-7-11-26(25)34-3/h4-15H,16-20H2,1-3H3. The fourth-order valence-electron chi connectivity index (χ4n) is 4.29. The number of methoxy groups -OCH3 is 1. The largest absolute Gasteiger partial charge is 0.495 e. The maximum atomic E-state index is 13.7. The van der Waals surface area contributed by atoms with Crippen LogP contribution in [0.3, 0.4) is 0 Å². The van der Waals surface area contributed by atoms with Gasteiger partial charge in [-0.25, -0.2) is 8.42 Å². The summed E-state index contributed by atoms with van der Waals surface area (Å²) in [5.74, 6) is 0.575. The molecule has 0 aliphatic carbocycles. The minimum Gasteiger partial charge on any atom is -0.495 e. The van der Waals surface area contributed by atoms with Gasteiger partial charge in [-0.05, 0) is 49.7 Å². The third-order valence-corrected chi connectivity index (χ3v) is 8.10. The van der Waals surface area contributed by atoms with Crippen molar-refractivity contribution in [1.29, 1.82) is 0 Å². The Morgan fingerprint density at radius 2 is 1.51 bits per heavy atom. The van der Waals surface area contributed by atoms with E-state index in [4.69, 9.17) is 4.74 Å². The van der Waals surface area contributed by atoms with Crippen LogP contribution >= 0.6 is 0 Å². The van der Waals surface area contributed by atoms with Crippen LogP contribution in [-0.2, 0) is 14.8 Å². The third kappa shape index (κ3) is 5.27. The van der Waals surface area contributed by atoms with E-state index in [0.29, 0.717) is 31.9 Å². The van der Waals surface area contributed by atoms with E-state index >= 15 is 0 Å². The zero-order chi connectivity index (χ0) is 25.0. The van der Waals surface area contributed by atoms with Crippen molar-refractivity contribution in [1.82, 2.24) is 4.90 Å². The number of hydrogen-bond acceptors (Lipinski definition) is 5. The van der Waals surface area contributed by atoms with Crippen molar-refractivity contribution < 1.29 is 17.9 Å². The molecule has 3 aromatic carbocycles. The van der Waals surface area contributed by atoms with Gasteiger partial charge in [-0.1, -0.05) is 48.0 Å². The van der Waals surface area contributed by atoms with Gasteiger partial charge in [0.25, 0.3) is 10.0 Å². The number of nitrogens with zero attached hydrogens (tertiary/aromatic N) is 3. The zero-order valence-corrected chi connectivity index (χ0v) is 21.2. The van der Waals surface area contributed by atoms with Crippen molar-refractivity contribution in [3.63, 3.8) is 0 Å². The fourth-order valence-corrected chi connectivity index (χ4v) is 5.77. The lowest BCUT2D eigenvalue weighted by Crippen LogP contribution is -2.52. The van der Waals surface area contributed by atoms with Crippen LogP contribution in [-0.4, -0.2) is 59.1 Å². The molecule has 1 amide bonds. The maximum absolute atomic E-state index is 13.7. The molecule has 8 heteroatoms. The van der Waals surface area contributed by atoms with Crippen LogP contribution in [0.1, 0.15) is 11.1 Å². The highest BCUT2D eigenvalue weighted by Gasteiger charge is 2.31. The van der Waals surface area contributed by atoms with E-state index in [1.807, 2.05) is 50.2 Å². The summed E-state index contributed by atoms with van der Waals surface area (Å²) in [5.41, 5.74) is 3.26. The molecule has 0 unspecified atom stereocenters. The molecule has 1 heterocycles. The topological polar surface area (TPSA) is 70.2 Å². The lowest BCUT2D eigenvalue weighted by molar-refractivity contribution is -0.129. The number of hydrogen-bond donors (Lipinski definition) is 0. The van der Waals surface area contributed by atoms with Gasteiger partial charge in [-0.2, -0.15) is 0 Å². The Morgan fingerprint density at radius 3 is 2.17 bits per heavy atom. The van der Waals surface area contributed by atoms with Crippen LogP contribution in [0.5, 0.6) is 5.75 Å². The predicted octanol–water partition coefficient (Wildman–Crippen LogP) is 3.86. The average molecular weight is 494 g/mol. The van der Waals surface area contributed by atoms with Gasteiger partial charge in [0.15, 0.2) is 0 Å². The lowest BCUT2D eigenvalue weighted by Gasteiger charge is -2.37. The molecule has 0 N–H and O–H groups in total. The molecule has 1 fully saturated rings. The molecule has 0 aromatic heterocycles. The van der Waals surface area contributed by atoms with Gasteiger partial charge >= 0.3 is 0 Å². The van der Waals surface area contributed by atoms with Crippen molar-refractivity contribution in [2.75, 3.05) is 49.0 Å². The van der Waals surface area contributed by atoms with Crippen LogP contribution in [0.4, 0.5) is 11.4 Å². The van der Waals surface area contributed by atoms with Gasteiger partial charge in [-0.3, -0.25) is 9.10 Å². The van der Waals surface area contributed by atoms with Crippen LogP contribution in [0.2, 0.25) is 0 Å². The van der Waals surface area contributed by atoms with Crippen LogP contribution in [0.15, 0.2) is 77.7 Å². The molecule has 0 spiro atoms. The molecule has 0 atom stereocenters. The summed E-state index contributed by atoms with van der Waals surface area (Å²) in [6.07, 6.45) is 0. The van der Waals surface area contributed by atoms with Crippen molar-refractivity contribution in [2.24, 2.45) is 0 Å². The highest BCUT2D eigenvalue weighted by molar-refractivity contribution is 7.92. The fraction of sp³-hybridized carbons (Fsp3) is 0.296. The van der Waals surface area contributed by atoms with E-state index in [0.717, 1.165) is 22.6 Å². The second-order valence-electron chi connectivity index (χ2n) is 8.65. The summed E-state index contributed by atoms with van der Waals surface area (Å²) >= 11 is 0. The summed E-state index contributed by atoms with van der Waals surface area (Å²) < 4.78 is 34.0. The molecule has 1 aliphatic heterocycles. The van der Waals surface area contributed by atoms with E-state index in [-0.39, 0.29) is 17.3 Å². The molecule has 4 rings (SSSR count). The smallest absolute Gasteiger partial charge is 0.264 e. The molecule has 0 saturated carbocycles. The molecular weight excluding hydrogens is 462 g/mol. The lowest BCUT2D eigenvalue weighted by atomic mass is 10.2. The molecule has 184 valence electrons. The van der Waals surface area contributed by atoms with Crippen molar-refractivity contribution >= 4 is 27.3 Å². The van der Waals surface area contributed by atoms with Crippen molar-refractivity contribution in [2.45, 2.75) is 18.7 Å². The molecule has 3 aromatic rings. The Labute approximate surface area is 207 Å². The van der Waals surface area contributed by atoms with Crippen molar-refractivity contribution in [3.8, 4) is 5.75 Å². The van der Waals surface area contributed by atoms with E-state index < -0.39 is 10.0 Å². The Bertz CT molecular complexity index is 1280. The van der Waals surface area contributed by atoms with E-state index in [1.165, 1.54) is 4.31 Å². The highest BCUT2D eigenvalue weighted by Crippen LogP contribution is 2.29. The van der Waals surface area contributed by atoms with Gasteiger partial charge < -0.3 is 14.5 Å². The molecule has 7 nitrogen and oxygen atoms in total. The summed E-state index contributed by atoms with van der Waals surface area (Å²) in [7, 11) is -2.28. The van der Waals surface area contributed by atoms with E-state index in [2.05, 4.69) is 4.90 Å². The summed E-state index contributed by atoms with van der Waals surface area (Å²) in [6.45, 7) is 5.79. The molecule has 1 aliphatic rings. The number of sulfonamides is 1. The summed E-state index contributed by atoms with van der Waals surface area (Å²) in [5, 5.41) is 0. The zero-order valence-electron chi connectivity index (χ0n) is 20.3. The van der Waals surface area contributed by atoms with Crippen LogP contribution < -0.4 is 13.9 Å². The van der Waals surface area contributed by atoms with E-state index in [1.54, 1.807) is 48.4 Å². The molecule has 0 radical (unpaired) electrons. The van der Waals surface area contributed by atoms with Gasteiger partial charge in [0.05, 0.1) is 23.4 Å². The number of rotatable bonds is 7. The number of carbonyl (C=O) groups excluding carboxylic acids is 1.